The first-order chi connectivity index (χ1) is 9.33. The van der Waals surface area contributed by atoms with E-state index in [9.17, 15) is 0 Å². The number of benzene rings is 1. The van der Waals surface area contributed by atoms with E-state index in [4.69, 9.17) is 0 Å². The molecular formula is C15H20N4. The minimum absolute atomic E-state index is 0.633. The molecule has 0 amide bonds. The smallest absolute Gasteiger partial charge is 0.164 e. The average molecular weight is 256 g/mol. The Bertz CT molecular complexity index is 547. The number of nitrogens with one attached hydrogen (secondary N) is 1. The van der Waals surface area contributed by atoms with E-state index in [2.05, 4.69) is 39.7 Å². The fourth-order valence-corrected chi connectivity index (χ4v) is 2.89. The quantitative estimate of drug-likeness (QED) is 0.910. The van der Waals surface area contributed by atoms with Crippen LogP contribution in [0, 0.1) is 0 Å². The maximum Gasteiger partial charge on any atom is 0.164 e. The molecule has 100 valence electrons. The van der Waals surface area contributed by atoms with Crippen molar-refractivity contribution in [1.29, 1.82) is 0 Å². The predicted molar refractivity (Wildman–Crippen MR) is 74.8 cm³/mol. The molecule has 4 heteroatoms. The van der Waals surface area contributed by atoms with E-state index in [0.717, 1.165) is 18.9 Å². The normalized spacial score (nSPS) is 18.3. The van der Waals surface area contributed by atoms with Crippen LogP contribution < -0.4 is 5.32 Å². The average Bonchev–Trinajstić information content (AvgIpc) is 2.85. The summed E-state index contributed by atoms with van der Waals surface area (Å²) in [5, 5.41) is 7.77. The summed E-state index contributed by atoms with van der Waals surface area (Å²) in [5.41, 5.74) is 3.05. The van der Waals surface area contributed by atoms with E-state index in [1.165, 1.54) is 30.4 Å². The lowest BCUT2D eigenvalue weighted by molar-refractivity contribution is 0.502. The molecule has 1 aliphatic carbocycles. The van der Waals surface area contributed by atoms with Gasteiger partial charge in [0.25, 0.3) is 0 Å². The molecule has 0 aliphatic heterocycles. The van der Waals surface area contributed by atoms with E-state index in [1.807, 2.05) is 7.05 Å². The third kappa shape index (κ3) is 2.84. The molecule has 0 saturated heterocycles. The highest BCUT2D eigenvalue weighted by molar-refractivity contribution is 5.32. The van der Waals surface area contributed by atoms with Crippen molar-refractivity contribution in [2.75, 3.05) is 6.54 Å². The molecule has 4 nitrogen and oxygen atoms in total. The molecule has 1 aromatic heterocycles. The van der Waals surface area contributed by atoms with E-state index in [1.54, 1.807) is 11.0 Å². The zero-order chi connectivity index (χ0) is 13.1. The Balaban J connectivity index is 1.59. The second-order valence-corrected chi connectivity index (χ2v) is 5.25. The van der Waals surface area contributed by atoms with Crippen molar-refractivity contribution in [3.63, 3.8) is 0 Å². The second-order valence-electron chi connectivity index (χ2n) is 5.25. The van der Waals surface area contributed by atoms with Gasteiger partial charge in [-0.2, -0.15) is 5.10 Å². The zero-order valence-electron chi connectivity index (χ0n) is 11.3. The van der Waals surface area contributed by atoms with Gasteiger partial charge in [0.15, 0.2) is 5.82 Å². The van der Waals surface area contributed by atoms with Crippen LogP contribution >= 0.6 is 0 Å². The minimum atomic E-state index is 0.633. The van der Waals surface area contributed by atoms with E-state index >= 15 is 0 Å². The van der Waals surface area contributed by atoms with Crippen LogP contribution in [0.1, 0.15) is 35.7 Å². The highest BCUT2D eigenvalue weighted by Gasteiger charge is 2.19. The van der Waals surface area contributed by atoms with Gasteiger partial charge in [0.2, 0.25) is 0 Å². The summed E-state index contributed by atoms with van der Waals surface area (Å²) >= 11 is 0. The molecule has 1 aromatic carbocycles. The summed E-state index contributed by atoms with van der Waals surface area (Å²) in [5.74, 6) is 1.50. The lowest BCUT2D eigenvalue weighted by atomic mass is 9.83. The fraction of sp³-hybridized carbons (Fsp3) is 0.467. The summed E-state index contributed by atoms with van der Waals surface area (Å²) in [4.78, 5) is 4.23. The first-order valence-electron chi connectivity index (χ1n) is 6.96. The van der Waals surface area contributed by atoms with Gasteiger partial charge in [-0.05, 0) is 36.3 Å². The molecule has 1 atom stereocenters. The molecule has 1 N–H and O–H groups in total. The minimum Gasteiger partial charge on any atom is -0.309 e. The second kappa shape index (κ2) is 5.53. The van der Waals surface area contributed by atoms with Gasteiger partial charge in [0, 0.05) is 13.6 Å². The summed E-state index contributed by atoms with van der Waals surface area (Å²) in [6.45, 7) is 1.76. The Labute approximate surface area is 113 Å². The van der Waals surface area contributed by atoms with E-state index in [-0.39, 0.29) is 0 Å². The number of hydrogen-bond donors (Lipinski definition) is 1. The molecule has 0 fully saturated rings. The van der Waals surface area contributed by atoms with Gasteiger partial charge in [-0.25, -0.2) is 4.98 Å². The van der Waals surface area contributed by atoms with Crippen molar-refractivity contribution in [3.8, 4) is 0 Å². The summed E-state index contributed by atoms with van der Waals surface area (Å²) in [7, 11) is 1.90. The molecule has 1 heterocycles. The van der Waals surface area contributed by atoms with E-state index < -0.39 is 0 Å². The highest BCUT2D eigenvalue weighted by Crippen LogP contribution is 2.30. The molecule has 0 saturated carbocycles. The van der Waals surface area contributed by atoms with Crippen molar-refractivity contribution < 1.29 is 0 Å². The maximum absolute atomic E-state index is 4.28. The molecule has 0 bridgehead atoms. The number of fused-ring (bicyclic) bond motifs is 1. The summed E-state index contributed by atoms with van der Waals surface area (Å²) < 4.78 is 1.74. The Morgan fingerprint density at radius 1 is 1.37 bits per heavy atom. The van der Waals surface area contributed by atoms with E-state index in [0.29, 0.717) is 5.92 Å². The number of rotatable bonds is 4. The van der Waals surface area contributed by atoms with Gasteiger partial charge in [-0.1, -0.05) is 24.3 Å². The first-order valence-corrected chi connectivity index (χ1v) is 6.96. The van der Waals surface area contributed by atoms with Gasteiger partial charge >= 0.3 is 0 Å². The standard InChI is InChI=1S/C15H20N4/c1-19-11-17-15(18-19)10-16-9-13-7-4-6-12-5-2-3-8-14(12)13/h2-3,5,8,11,13,16H,4,6-7,9-10H2,1H3. The Hall–Kier alpha value is -1.68. The predicted octanol–water partition coefficient (Wildman–Crippen LogP) is 2.02. The molecule has 0 radical (unpaired) electrons. The molecule has 3 rings (SSSR count). The SMILES string of the molecule is Cn1cnc(CNCC2CCCc3ccccc32)n1. The van der Waals surface area contributed by atoms with Gasteiger partial charge in [-0.15, -0.1) is 0 Å². The molecular weight excluding hydrogens is 236 g/mol. The van der Waals surface area contributed by atoms with Gasteiger partial charge in [0.05, 0.1) is 6.54 Å². The van der Waals surface area contributed by atoms with Gasteiger partial charge in [-0.3, -0.25) is 4.68 Å². The van der Waals surface area contributed by atoms with Crippen molar-refractivity contribution >= 4 is 0 Å². The topological polar surface area (TPSA) is 42.7 Å². The largest absolute Gasteiger partial charge is 0.309 e. The molecule has 19 heavy (non-hydrogen) atoms. The van der Waals surface area contributed by atoms with Gasteiger partial charge in [0.1, 0.15) is 6.33 Å². The monoisotopic (exact) mass is 256 g/mol. The lowest BCUT2D eigenvalue weighted by Gasteiger charge is -2.25. The number of aromatic nitrogens is 3. The Kier molecular flexibility index (Phi) is 3.60. The third-order valence-electron chi connectivity index (χ3n) is 3.81. The first kappa shape index (κ1) is 12.4. The van der Waals surface area contributed by atoms with Crippen LogP contribution in [-0.4, -0.2) is 21.3 Å². The maximum atomic E-state index is 4.28. The lowest BCUT2D eigenvalue weighted by Crippen LogP contribution is -2.24. The number of hydrogen-bond acceptors (Lipinski definition) is 3. The van der Waals surface area contributed by atoms with Crippen LogP contribution in [0.2, 0.25) is 0 Å². The van der Waals surface area contributed by atoms with Crippen molar-refractivity contribution in [1.82, 2.24) is 20.1 Å². The van der Waals surface area contributed by atoms with Crippen LogP contribution in [0.4, 0.5) is 0 Å². The van der Waals surface area contributed by atoms with Crippen molar-refractivity contribution in [2.45, 2.75) is 31.7 Å². The number of nitrogens with zero attached hydrogens (tertiary/aromatic N) is 3. The zero-order valence-corrected chi connectivity index (χ0v) is 11.3. The van der Waals surface area contributed by atoms with Crippen molar-refractivity contribution in [2.24, 2.45) is 7.05 Å². The van der Waals surface area contributed by atoms with Crippen LogP contribution in [0.5, 0.6) is 0 Å². The van der Waals surface area contributed by atoms with Crippen LogP contribution in [0.15, 0.2) is 30.6 Å². The Morgan fingerprint density at radius 2 is 2.26 bits per heavy atom. The molecule has 2 aromatic rings. The van der Waals surface area contributed by atoms with Gasteiger partial charge < -0.3 is 5.32 Å². The molecule has 1 aliphatic rings. The Morgan fingerprint density at radius 3 is 3.11 bits per heavy atom. The van der Waals surface area contributed by atoms with Crippen LogP contribution in [0.25, 0.3) is 0 Å². The molecule has 0 spiro atoms. The number of aryl methyl sites for hydroxylation is 2. The van der Waals surface area contributed by atoms with Crippen LogP contribution in [0.3, 0.4) is 0 Å². The summed E-state index contributed by atoms with van der Waals surface area (Å²) in [6.07, 6.45) is 5.55. The highest BCUT2D eigenvalue weighted by atomic mass is 15.3. The molecule has 1 unspecified atom stereocenters. The third-order valence-corrected chi connectivity index (χ3v) is 3.81. The fourth-order valence-electron chi connectivity index (χ4n) is 2.89. The van der Waals surface area contributed by atoms with Crippen LogP contribution in [-0.2, 0) is 20.0 Å². The summed E-state index contributed by atoms with van der Waals surface area (Å²) in [6, 6.07) is 8.84. The van der Waals surface area contributed by atoms with Crippen molar-refractivity contribution in [3.05, 3.63) is 47.5 Å².